The molecule has 1 N–H and O–H groups in total. The predicted molar refractivity (Wildman–Crippen MR) is 170 cm³/mol. The maximum absolute atomic E-state index is 13.5. The molecule has 3 aromatic rings. The number of hydrogen-bond acceptors (Lipinski definition) is 5. The van der Waals surface area contributed by atoms with Gasteiger partial charge in [0.1, 0.15) is 12.3 Å². The van der Waals surface area contributed by atoms with Crippen LogP contribution in [0.1, 0.15) is 30.4 Å². The first-order valence-corrected chi connectivity index (χ1v) is 15.8. The van der Waals surface area contributed by atoms with Gasteiger partial charge in [-0.1, -0.05) is 60.3 Å². The maximum atomic E-state index is 13.5. The molecule has 2 amide bonds. The average molecular weight is 635 g/mol. The number of hydrogen-bond donors (Lipinski definition) is 1. The third-order valence-electron chi connectivity index (χ3n) is 7.65. The van der Waals surface area contributed by atoms with Crippen LogP contribution in [0.4, 0.5) is 5.69 Å². The summed E-state index contributed by atoms with van der Waals surface area (Å²) in [6.45, 7) is 3.80. The van der Waals surface area contributed by atoms with E-state index in [2.05, 4.69) is 56.5 Å². The number of carbonyl (C=O) groups is 2. The molecule has 214 valence electrons. The van der Waals surface area contributed by atoms with Crippen molar-refractivity contribution < 1.29 is 14.3 Å². The van der Waals surface area contributed by atoms with Crippen LogP contribution in [0.5, 0.6) is 5.75 Å². The second-order valence-corrected chi connectivity index (χ2v) is 12.5. The number of para-hydroxylation sites is 1. The Morgan fingerprint density at radius 3 is 2.59 bits per heavy atom. The molecule has 2 heterocycles. The van der Waals surface area contributed by atoms with Gasteiger partial charge in [0.25, 0.3) is 5.91 Å². The number of benzene rings is 3. The van der Waals surface area contributed by atoms with Gasteiger partial charge in [-0.05, 0) is 109 Å². The van der Waals surface area contributed by atoms with Crippen LogP contribution in [0, 0.1) is 5.92 Å². The number of halogens is 1. The number of carbonyl (C=O) groups excluding carboxylic acids is 2. The van der Waals surface area contributed by atoms with Crippen molar-refractivity contribution in [3.63, 3.8) is 0 Å². The number of ether oxygens (including phenoxy) is 1. The quantitative estimate of drug-likeness (QED) is 0.207. The van der Waals surface area contributed by atoms with E-state index in [0.717, 1.165) is 64.8 Å². The van der Waals surface area contributed by atoms with Crippen molar-refractivity contribution in [2.24, 2.45) is 5.92 Å². The number of rotatable bonds is 10. The molecule has 0 aliphatic carbocycles. The van der Waals surface area contributed by atoms with Crippen molar-refractivity contribution in [3.05, 3.63) is 93.3 Å². The summed E-state index contributed by atoms with van der Waals surface area (Å²) in [5.74, 6) is 1.16. The Hall–Kier alpha value is -3.07. The summed E-state index contributed by atoms with van der Waals surface area (Å²) in [6, 6.07) is 24.2. The lowest BCUT2D eigenvalue weighted by Crippen LogP contribution is -2.43. The Morgan fingerprint density at radius 2 is 1.83 bits per heavy atom. The Balaban J connectivity index is 1.12. The number of amides is 2. The van der Waals surface area contributed by atoms with Gasteiger partial charge in [-0.2, -0.15) is 0 Å². The number of methoxy groups -OCH3 is 1. The zero-order chi connectivity index (χ0) is 28.6. The molecule has 2 aliphatic heterocycles. The first-order valence-electron chi connectivity index (χ1n) is 14.2. The predicted octanol–water partition coefficient (Wildman–Crippen LogP) is 6.40. The van der Waals surface area contributed by atoms with Gasteiger partial charge >= 0.3 is 0 Å². The highest BCUT2D eigenvalue weighted by Gasteiger charge is 2.30. The van der Waals surface area contributed by atoms with E-state index in [1.807, 2.05) is 48.5 Å². The van der Waals surface area contributed by atoms with Crippen molar-refractivity contribution >= 4 is 51.3 Å². The molecule has 41 heavy (non-hydrogen) atoms. The highest BCUT2D eigenvalue weighted by atomic mass is 79.9. The summed E-state index contributed by atoms with van der Waals surface area (Å²) in [7, 11) is 1.62. The van der Waals surface area contributed by atoms with Crippen LogP contribution >= 0.6 is 27.7 Å². The summed E-state index contributed by atoms with van der Waals surface area (Å²) in [6.07, 6.45) is 6.36. The van der Waals surface area contributed by atoms with Gasteiger partial charge in [0.15, 0.2) is 0 Å². The zero-order valence-corrected chi connectivity index (χ0v) is 25.8. The molecule has 1 fully saturated rings. The molecule has 0 unspecified atom stereocenters. The first kappa shape index (κ1) is 29.4. The topological polar surface area (TPSA) is 61.9 Å². The fraction of sp³-hybridized carbons (Fsp3) is 0.333. The molecule has 1 saturated heterocycles. The number of likely N-dealkylation sites (tertiary alicyclic amines) is 1. The Morgan fingerprint density at radius 1 is 1.07 bits per heavy atom. The van der Waals surface area contributed by atoms with E-state index in [9.17, 15) is 9.59 Å². The molecular formula is C33H36BrN3O3S. The number of piperidine rings is 1. The van der Waals surface area contributed by atoms with Gasteiger partial charge in [-0.15, -0.1) is 0 Å². The van der Waals surface area contributed by atoms with E-state index in [4.69, 9.17) is 4.74 Å². The lowest BCUT2D eigenvalue weighted by Gasteiger charge is -2.32. The zero-order valence-electron chi connectivity index (χ0n) is 23.4. The third kappa shape index (κ3) is 7.82. The lowest BCUT2D eigenvalue weighted by atomic mass is 9.90. The van der Waals surface area contributed by atoms with Gasteiger partial charge < -0.3 is 15.0 Å². The second kappa shape index (κ2) is 14.2. The third-order valence-corrected chi connectivity index (χ3v) is 9.35. The number of nitrogens with one attached hydrogen (secondary N) is 1. The number of fused-ring (bicyclic) bond motifs is 1. The highest BCUT2D eigenvalue weighted by molar-refractivity contribution is 9.10. The molecule has 2 aliphatic rings. The molecule has 6 nitrogen and oxygen atoms in total. The first-order chi connectivity index (χ1) is 20.0. The van der Waals surface area contributed by atoms with Gasteiger partial charge in [0.05, 0.1) is 22.2 Å². The van der Waals surface area contributed by atoms with Crippen molar-refractivity contribution in [1.82, 2.24) is 10.2 Å². The van der Waals surface area contributed by atoms with Crippen LogP contribution in [0.3, 0.4) is 0 Å². The molecule has 0 aromatic heterocycles. The second-order valence-electron chi connectivity index (χ2n) is 10.5. The summed E-state index contributed by atoms with van der Waals surface area (Å²) < 4.78 is 6.14. The van der Waals surface area contributed by atoms with E-state index in [1.54, 1.807) is 12.0 Å². The minimum atomic E-state index is -0.172. The molecule has 0 bridgehead atoms. The molecule has 5 rings (SSSR count). The van der Waals surface area contributed by atoms with Crippen molar-refractivity contribution in [1.29, 1.82) is 0 Å². The van der Waals surface area contributed by atoms with E-state index in [1.165, 1.54) is 30.2 Å². The maximum Gasteiger partial charge on any atom is 0.265 e. The smallest absolute Gasteiger partial charge is 0.265 e. The van der Waals surface area contributed by atoms with Gasteiger partial charge in [-0.25, -0.2) is 0 Å². The standard InChI is InChI=1S/C33H36BrN3O3S/c1-40-29-13-12-26(21-27(29)34)22-31-33(39)37(28-10-5-6-11-30(28)41-31)23-32(38)35-16-7-17-36-18-14-25(15-19-36)20-24-8-3-2-4-9-24/h2-6,8-13,21-22,25H,7,14-20,23H2,1H3,(H,35,38)/b31-22-. The summed E-state index contributed by atoms with van der Waals surface area (Å²) in [5.41, 5.74) is 3.07. The van der Waals surface area contributed by atoms with Crippen LogP contribution in [0.25, 0.3) is 6.08 Å². The van der Waals surface area contributed by atoms with E-state index in [0.29, 0.717) is 11.4 Å². The van der Waals surface area contributed by atoms with Crippen LogP contribution in [0.15, 0.2) is 87.1 Å². The molecule has 0 radical (unpaired) electrons. The fourth-order valence-electron chi connectivity index (χ4n) is 5.43. The van der Waals surface area contributed by atoms with Crippen molar-refractivity contribution in [2.75, 3.05) is 44.7 Å². The van der Waals surface area contributed by atoms with Crippen LogP contribution in [-0.2, 0) is 16.0 Å². The molecule has 0 atom stereocenters. The van der Waals surface area contributed by atoms with Crippen LogP contribution < -0.4 is 15.0 Å². The molecule has 3 aromatic carbocycles. The minimum Gasteiger partial charge on any atom is -0.496 e. The SMILES string of the molecule is COc1ccc(/C=C2\Sc3ccccc3N(CC(=O)NCCCN3CCC(Cc4ccccc4)CC3)C2=O)cc1Br. The molecule has 0 spiro atoms. The van der Waals surface area contributed by atoms with E-state index >= 15 is 0 Å². The molecule has 8 heteroatoms. The molecular weight excluding hydrogens is 598 g/mol. The van der Waals surface area contributed by atoms with Gasteiger partial charge in [-0.3, -0.25) is 14.5 Å². The Kier molecular flexibility index (Phi) is 10.2. The number of thioether (sulfide) groups is 1. The lowest BCUT2D eigenvalue weighted by molar-refractivity contribution is -0.122. The highest BCUT2D eigenvalue weighted by Crippen LogP contribution is 2.42. The normalized spacial score (nSPS) is 17.0. The average Bonchev–Trinajstić information content (AvgIpc) is 2.99. The van der Waals surface area contributed by atoms with Crippen LogP contribution in [0.2, 0.25) is 0 Å². The van der Waals surface area contributed by atoms with E-state index in [-0.39, 0.29) is 18.4 Å². The number of anilines is 1. The monoisotopic (exact) mass is 633 g/mol. The Labute approximate surface area is 255 Å². The van der Waals surface area contributed by atoms with Crippen molar-refractivity contribution in [2.45, 2.75) is 30.6 Å². The largest absolute Gasteiger partial charge is 0.496 e. The minimum absolute atomic E-state index is 0.00899. The summed E-state index contributed by atoms with van der Waals surface area (Å²) in [4.78, 5) is 32.1. The van der Waals surface area contributed by atoms with E-state index < -0.39 is 0 Å². The number of nitrogens with zero attached hydrogens (tertiary/aromatic N) is 2. The Bertz CT molecular complexity index is 1390. The summed E-state index contributed by atoms with van der Waals surface area (Å²) in [5, 5.41) is 3.04. The summed E-state index contributed by atoms with van der Waals surface area (Å²) >= 11 is 4.95. The van der Waals surface area contributed by atoms with Crippen molar-refractivity contribution in [3.8, 4) is 5.75 Å². The van der Waals surface area contributed by atoms with Gasteiger partial charge in [0, 0.05) is 11.4 Å². The fourth-order valence-corrected chi connectivity index (χ4v) is 7.05. The molecule has 0 saturated carbocycles. The van der Waals surface area contributed by atoms with Gasteiger partial charge in [0.2, 0.25) is 5.91 Å². The van der Waals surface area contributed by atoms with Crippen LogP contribution in [-0.4, -0.2) is 56.5 Å².